The van der Waals surface area contributed by atoms with Crippen LogP contribution in [0.5, 0.6) is 11.5 Å². The first kappa shape index (κ1) is 13.2. The van der Waals surface area contributed by atoms with Crippen LogP contribution in [0.4, 0.5) is 4.39 Å². The van der Waals surface area contributed by atoms with E-state index < -0.39 is 17.9 Å². The lowest BCUT2D eigenvalue weighted by Crippen LogP contribution is -2.13. The van der Waals surface area contributed by atoms with Gasteiger partial charge in [0, 0.05) is 5.56 Å². The number of aryl methyl sites for hydroxylation is 1. The van der Waals surface area contributed by atoms with Crippen LogP contribution in [-0.2, 0) is 4.79 Å². The highest BCUT2D eigenvalue weighted by Gasteiger charge is 2.26. The highest BCUT2D eigenvalue weighted by atomic mass is 19.1. The van der Waals surface area contributed by atoms with Crippen molar-refractivity contribution in [2.24, 2.45) is 0 Å². The van der Waals surface area contributed by atoms with Gasteiger partial charge in [0.2, 0.25) is 0 Å². The largest absolute Gasteiger partial charge is 0.492 e. The lowest BCUT2D eigenvalue weighted by atomic mass is 10.0. The summed E-state index contributed by atoms with van der Waals surface area (Å²) in [4.78, 5) is 10.6. The van der Waals surface area contributed by atoms with Gasteiger partial charge in [0.15, 0.2) is 23.4 Å². The molecule has 1 unspecified atom stereocenters. The van der Waals surface area contributed by atoms with Crippen LogP contribution in [0.2, 0.25) is 0 Å². The number of carboxylic acids is 1. The Morgan fingerprint density at radius 1 is 1.35 bits per heavy atom. The third-order valence-corrected chi connectivity index (χ3v) is 2.33. The van der Waals surface area contributed by atoms with Crippen LogP contribution in [0.15, 0.2) is 6.07 Å². The van der Waals surface area contributed by atoms with E-state index in [-0.39, 0.29) is 17.1 Å². The van der Waals surface area contributed by atoms with Crippen molar-refractivity contribution >= 4 is 5.97 Å². The molecular weight excluding hydrogens is 231 g/mol. The fourth-order valence-electron chi connectivity index (χ4n) is 1.54. The number of aliphatic carboxylic acids is 1. The van der Waals surface area contributed by atoms with Crippen LogP contribution in [0.25, 0.3) is 0 Å². The summed E-state index contributed by atoms with van der Waals surface area (Å²) < 4.78 is 23.6. The molecule has 1 atom stereocenters. The lowest BCUT2D eigenvalue weighted by molar-refractivity contribution is -0.147. The van der Waals surface area contributed by atoms with E-state index in [9.17, 15) is 14.3 Å². The summed E-state index contributed by atoms with van der Waals surface area (Å²) in [7, 11) is 2.58. The number of aliphatic hydroxyl groups is 1. The Bertz CT molecular complexity index is 444. The van der Waals surface area contributed by atoms with E-state index in [2.05, 4.69) is 0 Å². The second-order valence-electron chi connectivity index (χ2n) is 3.40. The van der Waals surface area contributed by atoms with E-state index in [4.69, 9.17) is 14.6 Å². The van der Waals surface area contributed by atoms with Crippen molar-refractivity contribution in [2.45, 2.75) is 13.0 Å². The maximum atomic E-state index is 13.9. The van der Waals surface area contributed by atoms with E-state index in [0.29, 0.717) is 5.56 Å². The summed E-state index contributed by atoms with van der Waals surface area (Å²) in [6.07, 6.45) is -1.94. The Morgan fingerprint density at radius 3 is 2.29 bits per heavy atom. The molecule has 1 aromatic rings. The molecule has 0 aromatic heterocycles. The van der Waals surface area contributed by atoms with Gasteiger partial charge in [0.25, 0.3) is 0 Å². The molecule has 0 aliphatic rings. The highest BCUT2D eigenvalue weighted by Crippen LogP contribution is 2.37. The molecule has 2 N–H and O–H groups in total. The Labute approximate surface area is 97.4 Å². The molecule has 0 radical (unpaired) electrons. The number of rotatable bonds is 4. The van der Waals surface area contributed by atoms with Gasteiger partial charge >= 0.3 is 5.97 Å². The smallest absolute Gasteiger partial charge is 0.337 e. The van der Waals surface area contributed by atoms with Crippen molar-refractivity contribution in [3.8, 4) is 11.5 Å². The molecule has 5 nitrogen and oxygen atoms in total. The second-order valence-corrected chi connectivity index (χ2v) is 3.40. The van der Waals surface area contributed by atoms with Crippen LogP contribution in [0.3, 0.4) is 0 Å². The summed E-state index contributed by atoms with van der Waals surface area (Å²) in [6, 6.07) is 1.22. The third kappa shape index (κ3) is 2.31. The molecule has 1 aromatic carbocycles. The van der Waals surface area contributed by atoms with E-state index in [1.165, 1.54) is 20.3 Å². The van der Waals surface area contributed by atoms with Gasteiger partial charge in [0.1, 0.15) is 0 Å². The van der Waals surface area contributed by atoms with Crippen LogP contribution in [0, 0.1) is 12.7 Å². The maximum Gasteiger partial charge on any atom is 0.337 e. The van der Waals surface area contributed by atoms with Gasteiger partial charge in [-0.2, -0.15) is 0 Å². The van der Waals surface area contributed by atoms with Gasteiger partial charge in [-0.15, -0.1) is 0 Å². The molecular formula is C11H13FO5. The van der Waals surface area contributed by atoms with Crippen molar-refractivity contribution in [2.75, 3.05) is 14.2 Å². The third-order valence-electron chi connectivity index (χ3n) is 2.33. The summed E-state index contributed by atoms with van der Waals surface area (Å²) in [5, 5.41) is 18.0. The molecule has 0 amide bonds. The predicted octanol–water partition coefficient (Wildman–Crippen LogP) is 1.27. The zero-order valence-corrected chi connectivity index (χ0v) is 9.65. The molecule has 94 valence electrons. The average Bonchev–Trinajstić information content (AvgIpc) is 2.29. The van der Waals surface area contributed by atoms with Gasteiger partial charge < -0.3 is 19.7 Å². The van der Waals surface area contributed by atoms with Crippen molar-refractivity contribution in [1.29, 1.82) is 0 Å². The van der Waals surface area contributed by atoms with E-state index in [1.807, 2.05) is 0 Å². The summed E-state index contributed by atoms with van der Waals surface area (Å²) in [6.45, 7) is 1.60. The first-order chi connectivity index (χ1) is 7.93. The molecule has 0 fully saturated rings. The number of aliphatic hydroxyl groups excluding tert-OH is 1. The van der Waals surface area contributed by atoms with Gasteiger partial charge in [-0.05, 0) is 18.6 Å². The number of methoxy groups -OCH3 is 2. The number of benzene rings is 1. The number of hydrogen-bond acceptors (Lipinski definition) is 4. The second kappa shape index (κ2) is 5.01. The topological polar surface area (TPSA) is 76.0 Å². The van der Waals surface area contributed by atoms with Crippen molar-refractivity contribution in [1.82, 2.24) is 0 Å². The standard InChI is InChI=1S/C11H13FO5/c1-5-4-6(8(13)11(14)15)7(12)10(17-3)9(5)16-2/h4,8,13H,1-3H3,(H,14,15). The number of carbonyl (C=O) groups is 1. The number of hydrogen-bond donors (Lipinski definition) is 2. The molecule has 6 heteroatoms. The minimum absolute atomic E-state index is 0.173. The molecule has 17 heavy (non-hydrogen) atoms. The molecule has 0 saturated heterocycles. The number of ether oxygens (including phenoxy) is 2. The SMILES string of the molecule is COc1c(C)cc(C(O)C(=O)O)c(F)c1OC. The van der Waals surface area contributed by atoms with Crippen molar-refractivity contribution in [3.05, 3.63) is 23.0 Å². The average molecular weight is 244 g/mol. The Kier molecular flexibility index (Phi) is 3.90. The van der Waals surface area contributed by atoms with Gasteiger partial charge in [-0.1, -0.05) is 0 Å². The van der Waals surface area contributed by atoms with E-state index in [0.717, 1.165) is 0 Å². The Hall–Kier alpha value is -1.82. The maximum absolute atomic E-state index is 13.9. The molecule has 0 saturated carbocycles. The summed E-state index contributed by atoms with van der Waals surface area (Å²) >= 11 is 0. The fraction of sp³-hybridized carbons (Fsp3) is 0.364. The Morgan fingerprint density at radius 2 is 1.88 bits per heavy atom. The molecule has 0 heterocycles. The monoisotopic (exact) mass is 244 g/mol. The van der Waals surface area contributed by atoms with E-state index in [1.54, 1.807) is 6.92 Å². The van der Waals surface area contributed by atoms with Crippen molar-refractivity contribution in [3.63, 3.8) is 0 Å². The molecule has 1 rings (SSSR count). The minimum Gasteiger partial charge on any atom is -0.492 e. The molecule has 0 aliphatic carbocycles. The molecule has 0 spiro atoms. The van der Waals surface area contributed by atoms with Gasteiger partial charge in [-0.3, -0.25) is 0 Å². The van der Waals surface area contributed by atoms with Crippen LogP contribution >= 0.6 is 0 Å². The number of halogens is 1. The van der Waals surface area contributed by atoms with Gasteiger partial charge in [0.05, 0.1) is 14.2 Å². The predicted molar refractivity (Wildman–Crippen MR) is 56.8 cm³/mol. The highest BCUT2D eigenvalue weighted by molar-refractivity contribution is 5.75. The zero-order chi connectivity index (χ0) is 13.2. The van der Waals surface area contributed by atoms with Crippen LogP contribution in [0.1, 0.15) is 17.2 Å². The molecule has 0 bridgehead atoms. The van der Waals surface area contributed by atoms with Crippen LogP contribution in [-0.4, -0.2) is 30.4 Å². The van der Waals surface area contributed by atoms with E-state index >= 15 is 0 Å². The van der Waals surface area contributed by atoms with Crippen molar-refractivity contribution < 1.29 is 28.9 Å². The minimum atomic E-state index is -1.94. The fourth-order valence-corrected chi connectivity index (χ4v) is 1.54. The lowest BCUT2D eigenvalue weighted by Gasteiger charge is -2.15. The first-order valence-corrected chi connectivity index (χ1v) is 4.75. The first-order valence-electron chi connectivity index (χ1n) is 4.75. The molecule has 0 aliphatic heterocycles. The summed E-state index contributed by atoms with van der Waals surface area (Å²) in [5.74, 6) is -2.52. The van der Waals surface area contributed by atoms with Crippen LogP contribution < -0.4 is 9.47 Å². The zero-order valence-electron chi connectivity index (χ0n) is 9.65. The van der Waals surface area contributed by atoms with Gasteiger partial charge in [-0.25, -0.2) is 9.18 Å². The normalized spacial score (nSPS) is 12.1. The number of carboxylic acid groups (broad SMARTS) is 1. The summed E-state index contributed by atoms with van der Waals surface area (Å²) in [5.41, 5.74) is 0.119. The Balaban J connectivity index is 3.45. The quantitative estimate of drug-likeness (QED) is 0.834.